The van der Waals surface area contributed by atoms with E-state index in [0.717, 1.165) is 23.6 Å². The summed E-state index contributed by atoms with van der Waals surface area (Å²) in [6.07, 6.45) is 1.05. The smallest absolute Gasteiger partial charge is 0.298 e. The number of benzene rings is 2. The normalized spacial score (nSPS) is 12.5. The van der Waals surface area contributed by atoms with E-state index in [4.69, 9.17) is 15.5 Å². The Morgan fingerprint density at radius 1 is 0.805 bits per heavy atom. The average Bonchev–Trinajstić information content (AvgIpc) is 2.99. The Bertz CT molecular complexity index is 1120. The van der Waals surface area contributed by atoms with Gasteiger partial charge in [0, 0.05) is 14.1 Å². The third-order valence-electron chi connectivity index (χ3n) is 5.55. The Morgan fingerprint density at radius 3 is 1.66 bits per heavy atom. The minimum atomic E-state index is -4.05. The van der Waals surface area contributed by atoms with Gasteiger partial charge in [0.05, 0.1) is 19.8 Å². The van der Waals surface area contributed by atoms with Gasteiger partial charge < -0.3 is 9.57 Å². The van der Waals surface area contributed by atoms with Gasteiger partial charge in [-0.3, -0.25) is 4.18 Å². The molecule has 2 N–H and O–H groups in total. The number of ether oxygens (including phenoxy) is 1. The Labute approximate surface area is 251 Å². The van der Waals surface area contributed by atoms with E-state index in [2.05, 4.69) is 25.0 Å². The molecule has 11 heteroatoms. The summed E-state index contributed by atoms with van der Waals surface area (Å²) in [5.74, 6) is 6.65. The van der Waals surface area contributed by atoms with E-state index in [1.54, 1.807) is 0 Å². The van der Waals surface area contributed by atoms with Crippen LogP contribution in [0.5, 0.6) is 5.75 Å². The third-order valence-corrected chi connectivity index (χ3v) is 8.89. The van der Waals surface area contributed by atoms with Crippen molar-refractivity contribution in [2.75, 3.05) is 27.8 Å². The van der Waals surface area contributed by atoms with E-state index in [1.807, 2.05) is 78.8 Å². The second kappa shape index (κ2) is 22.6. The molecule has 0 saturated heterocycles. The number of nitrogens with zero attached hydrogens (tertiary/aromatic N) is 1. The van der Waals surface area contributed by atoms with Crippen molar-refractivity contribution in [2.24, 2.45) is 17.2 Å². The van der Waals surface area contributed by atoms with E-state index in [9.17, 15) is 16.8 Å². The first-order valence-electron chi connectivity index (χ1n) is 14.0. The van der Waals surface area contributed by atoms with Crippen molar-refractivity contribution in [1.82, 2.24) is 4.31 Å². The van der Waals surface area contributed by atoms with Crippen LogP contribution in [0.25, 0.3) is 0 Å². The maximum absolute atomic E-state index is 11.9. The van der Waals surface area contributed by atoms with Gasteiger partial charge in [0.1, 0.15) is 15.5 Å². The zero-order valence-corrected chi connectivity index (χ0v) is 29.1. The van der Waals surface area contributed by atoms with E-state index >= 15 is 0 Å². The number of hydrogen-bond acceptors (Lipinski definition) is 8. The molecule has 0 aliphatic heterocycles. The Balaban J connectivity index is -0.000000596. The molecule has 2 atom stereocenters. The fraction of sp³-hybridized carbons (Fsp3) is 0.600. The molecule has 2 unspecified atom stereocenters. The van der Waals surface area contributed by atoms with Crippen LogP contribution in [0.2, 0.25) is 0 Å². The summed E-state index contributed by atoms with van der Waals surface area (Å²) in [5.41, 5.74) is 0.0498. The van der Waals surface area contributed by atoms with Crippen LogP contribution in [0.4, 0.5) is 0 Å². The lowest BCUT2D eigenvalue weighted by Gasteiger charge is -2.32. The minimum Gasteiger partial charge on any atom is -0.493 e. The first-order valence-corrected chi connectivity index (χ1v) is 16.9. The summed E-state index contributed by atoms with van der Waals surface area (Å²) < 4.78 is 58.0. The number of rotatable bonds is 11. The van der Waals surface area contributed by atoms with Crippen molar-refractivity contribution >= 4 is 20.1 Å². The molecule has 0 aliphatic rings. The zero-order valence-electron chi connectivity index (χ0n) is 27.5. The van der Waals surface area contributed by atoms with Crippen molar-refractivity contribution in [2.45, 2.75) is 91.6 Å². The summed E-state index contributed by atoms with van der Waals surface area (Å²) in [4.78, 5) is 4.27. The highest BCUT2D eigenvalue weighted by Gasteiger charge is 2.29. The van der Waals surface area contributed by atoms with Gasteiger partial charge in [0.2, 0.25) is 10.0 Å². The molecule has 0 radical (unpaired) electrons. The zero-order chi connectivity index (χ0) is 32.9. The topological polar surface area (TPSA) is 125 Å². The highest BCUT2D eigenvalue weighted by molar-refractivity contribution is 7.91. The molecule has 0 aromatic heterocycles. The molecule has 41 heavy (non-hydrogen) atoms. The van der Waals surface area contributed by atoms with Crippen LogP contribution in [-0.4, -0.2) is 55.1 Å². The van der Waals surface area contributed by atoms with Crippen LogP contribution in [-0.2, 0) is 29.2 Å². The molecular weight excluding hydrogens is 564 g/mol. The van der Waals surface area contributed by atoms with E-state index in [-0.39, 0.29) is 21.3 Å². The highest BCUT2D eigenvalue weighted by atomic mass is 32.2. The third kappa shape index (κ3) is 15.7. The second-order valence-corrected chi connectivity index (χ2v) is 12.9. The molecule has 0 saturated carbocycles. The average molecular weight is 621 g/mol. The maximum atomic E-state index is 11.9. The lowest BCUT2D eigenvalue weighted by atomic mass is 9.79. The Kier molecular flexibility index (Phi) is 23.9. The van der Waals surface area contributed by atoms with Crippen molar-refractivity contribution in [3.63, 3.8) is 0 Å². The van der Waals surface area contributed by atoms with Crippen LogP contribution in [0.1, 0.15) is 75.7 Å². The number of para-hydroxylation sites is 1. The van der Waals surface area contributed by atoms with Crippen LogP contribution in [0.15, 0.2) is 64.4 Å². The molecule has 2 aromatic rings. The van der Waals surface area contributed by atoms with Gasteiger partial charge in [-0.15, -0.1) is 0 Å². The van der Waals surface area contributed by atoms with Gasteiger partial charge in [-0.2, -0.15) is 8.42 Å². The van der Waals surface area contributed by atoms with E-state index in [0.29, 0.717) is 12.5 Å². The number of nitrogens with two attached hydrogens (primary N) is 1. The molecule has 0 spiro atoms. The van der Waals surface area contributed by atoms with Gasteiger partial charge in [0.15, 0.2) is 0 Å². The summed E-state index contributed by atoms with van der Waals surface area (Å²) in [6, 6.07) is 15.2. The first-order chi connectivity index (χ1) is 19.2. The van der Waals surface area contributed by atoms with Crippen molar-refractivity contribution in [3.05, 3.63) is 54.6 Å². The Morgan fingerprint density at radius 2 is 1.24 bits per heavy atom. The van der Waals surface area contributed by atoms with Crippen LogP contribution >= 0.6 is 0 Å². The SMILES string of the molecule is CC.CC.CC.CC(COc1ccccc1)CC(C)(C)C(C)ON.COS(=O)(=O)c1ccccc1S(=O)(=O)N(C)C. The molecule has 0 heterocycles. The molecule has 0 aliphatic carbocycles. The van der Waals surface area contributed by atoms with E-state index < -0.39 is 20.1 Å². The number of hydrogen-bond donors (Lipinski definition) is 1. The van der Waals surface area contributed by atoms with Crippen molar-refractivity contribution in [1.29, 1.82) is 0 Å². The summed E-state index contributed by atoms with van der Waals surface area (Å²) in [6.45, 7) is 21.2. The van der Waals surface area contributed by atoms with E-state index in [1.165, 1.54) is 38.4 Å². The monoisotopic (exact) mass is 620 g/mol. The molecule has 2 rings (SSSR count). The summed E-state index contributed by atoms with van der Waals surface area (Å²) in [5, 5.41) is 0. The summed E-state index contributed by atoms with van der Waals surface area (Å²) >= 11 is 0. The maximum Gasteiger partial charge on any atom is 0.298 e. The van der Waals surface area contributed by atoms with Crippen LogP contribution in [0, 0.1) is 11.3 Å². The quantitative estimate of drug-likeness (QED) is 0.216. The molecule has 2 aromatic carbocycles. The van der Waals surface area contributed by atoms with Gasteiger partial charge in [-0.1, -0.05) is 92.6 Å². The molecule has 9 nitrogen and oxygen atoms in total. The Hall–Kier alpha value is -2.02. The van der Waals surface area contributed by atoms with Crippen molar-refractivity contribution in [3.8, 4) is 5.75 Å². The van der Waals surface area contributed by atoms with Gasteiger partial charge in [0.25, 0.3) is 10.1 Å². The lowest BCUT2D eigenvalue weighted by molar-refractivity contribution is -0.0268. The van der Waals surface area contributed by atoms with Gasteiger partial charge in [-0.25, -0.2) is 18.6 Å². The highest BCUT2D eigenvalue weighted by Crippen LogP contribution is 2.31. The van der Waals surface area contributed by atoms with Gasteiger partial charge in [-0.05, 0) is 48.9 Å². The number of sulfonamides is 1. The second-order valence-electron chi connectivity index (χ2n) is 9.06. The fourth-order valence-corrected chi connectivity index (χ4v) is 5.55. The summed E-state index contributed by atoms with van der Waals surface area (Å²) in [7, 11) is -4.25. The molecule has 0 amide bonds. The van der Waals surface area contributed by atoms with Crippen molar-refractivity contribution < 1.29 is 30.6 Å². The molecule has 240 valence electrons. The van der Waals surface area contributed by atoms with Crippen LogP contribution in [0.3, 0.4) is 0 Å². The first kappa shape index (κ1) is 43.4. The lowest BCUT2D eigenvalue weighted by Crippen LogP contribution is -2.34. The largest absolute Gasteiger partial charge is 0.493 e. The fourth-order valence-electron chi connectivity index (χ4n) is 3.22. The predicted octanol–water partition coefficient (Wildman–Crippen LogP) is 6.75. The molecule has 0 bridgehead atoms. The molecule has 0 fully saturated rings. The van der Waals surface area contributed by atoms with Crippen LogP contribution < -0.4 is 10.6 Å². The standard InChI is InChI=1S/C15H25NO2.C9H13NO5S2.3C2H6/c1-12(10-15(3,4)13(2)18-16)11-17-14-8-6-5-7-9-14;1-10(2)16(11,12)8-6-4-5-7-9(8)17(13,14)15-3;3*1-2/h5-9,12-13H,10-11,16H2,1-4H3;4-7H,1-3H3;3*1-2H3. The minimum absolute atomic E-state index is 0.0386. The predicted molar refractivity (Wildman–Crippen MR) is 170 cm³/mol. The molecular formula is C30H56N2O7S2. The van der Waals surface area contributed by atoms with Gasteiger partial charge >= 0.3 is 0 Å².